The number of piperidine rings is 1. The normalized spacial score (nSPS) is 17.3. The molecule has 1 heterocycles. The topological polar surface area (TPSA) is 79.0 Å². The second kappa shape index (κ2) is 10.9. The van der Waals surface area contributed by atoms with Crippen LogP contribution in [-0.4, -0.2) is 56.8 Å². The number of rotatable bonds is 9. The van der Waals surface area contributed by atoms with Crippen LogP contribution >= 0.6 is 0 Å². The van der Waals surface area contributed by atoms with Gasteiger partial charge in [-0.3, -0.25) is 9.69 Å². The summed E-state index contributed by atoms with van der Waals surface area (Å²) >= 11 is 0. The van der Waals surface area contributed by atoms with Crippen molar-refractivity contribution in [1.82, 2.24) is 9.21 Å². The van der Waals surface area contributed by atoms with Gasteiger partial charge in [0, 0.05) is 26.2 Å². The van der Waals surface area contributed by atoms with Gasteiger partial charge in [-0.25, -0.2) is 8.42 Å². The Morgan fingerprint density at radius 1 is 1.16 bits per heavy atom. The molecule has 1 amide bonds. The number of methoxy groups -OCH3 is 1. The first kappa shape index (κ1) is 24.2. The van der Waals surface area contributed by atoms with Crippen molar-refractivity contribution in [2.75, 3.05) is 38.6 Å². The molecule has 1 aliphatic rings. The molecule has 0 radical (unpaired) electrons. The minimum absolute atomic E-state index is 0.113. The molecule has 8 heteroatoms. The molecule has 0 saturated carbocycles. The first-order valence-corrected chi connectivity index (χ1v) is 12.6. The predicted molar refractivity (Wildman–Crippen MR) is 126 cm³/mol. The highest BCUT2D eigenvalue weighted by Crippen LogP contribution is 2.30. The zero-order valence-electron chi connectivity index (χ0n) is 19.1. The van der Waals surface area contributed by atoms with E-state index in [1.165, 1.54) is 29.1 Å². The van der Waals surface area contributed by atoms with Crippen molar-refractivity contribution in [1.29, 1.82) is 0 Å². The van der Waals surface area contributed by atoms with Gasteiger partial charge in [0.2, 0.25) is 15.9 Å². The quantitative estimate of drug-likeness (QED) is 0.620. The number of nitrogens with one attached hydrogen (secondary N) is 1. The van der Waals surface area contributed by atoms with Crippen molar-refractivity contribution in [3.05, 3.63) is 54.1 Å². The number of carbonyl (C=O) groups is 1. The molecule has 174 valence electrons. The van der Waals surface area contributed by atoms with Crippen LogP contribution in [0.1, 0.15) is 32.3 Å². The standard InChI is InChI=1S/C24H33N3O4S/c1-4-27(5-2)32(29,30)21-13-14-23(31-3)22(16-21)25-24(28)20-12-9-15-26(18-20)17-19-10-7-6-8-11-19/h6-8,10-11,13-14,16,20H,4-5,9,12,15,17-18H2,1-3H3,(H,25,28). The summed E-state index contributed by atoms with van der Waals surface area (Å²) in [6.07, 6.45) is 1.75. The molecule has 0 bridgehead atoms. The molecule has 2 aromatic rings. The van der Waals surface area contributed by atoms with Crippen LogP contribution in [0.5, 0.6) is 5.75 Å². The summed E-state index contributed by atoms with van der Waals surface area (Å²) in [5.74, 6) is 0.160. The Bertz CT molecular complexity index is 1010. The predicted octanol–water partition coefficient (Wildman–Crippen LogP) is 3.58. The molecule has 32 heavy (non-hydrogen) atoms. The molecule has 3 rings (SSSR count). The lowest BCUT2D eigenvalue weighted by molar-refractivity contribution is -0.121. The summed E-state index contributed by atoms with van der Waals surface area (Å²) < 4.78 is 32.6. The Morgan fingerprint density at radius 3 is 2.53 bits per heavy atom. The summed E-state index contributed by atoms with van der Waals surface area (Å²) in [6, 6.07) is 14.8. The number of hydrogen-bond donors (Lipinski definition) is 1. The van der Waals surface area contributed by atoms with Crippen molar-refractivity contribution in [3.8, 4) is 5.75 Å². The van der Waals surface area contributed by atoms with Crippen molar-refractivity contribution in [2.45, 2.75) is 38.1 Å². The maximum Gasteiger partial charge on any atom is 0.243 e. The minimum Gasteiger partial charge on any atom is -0.495 e. The molecule has 0 spiro atoms. The summed E-state index contributed by atoms with van der Waals surface area (Å²) in [4.78, 5) is 15.5. The number of ether oxygens (including phenoxy) is 1. The lowest BCUT2D eigenvalue weighted by Crippen LogP contribution is -2.40. The summed E-state index contributed by atoms with van der Waals surface area (Å²) in [5, 5.41) is 2.93. The van der Waals surface area contributed by atoms with E-state index in [2.05, 4.69) is 22.3 Å². The number of likely N-dealkylation sites (tertiary alicyclic amines) is 1. The Kier molecular flexibility index (Phi) is 8.28. The molecule has 1 atom stereocenters. The van der Waals surface area contributed by atoms with Crippen LogP contribution < -0.4 is 10.1 Å². The van der Waals surface area contributed by atoms with E-state index < -0.39 is 10.0 Å². The Labute approximate surface area is 191 Å². The van der Waals surface area contributed by atoms with E-state index in [0.29, 0.717) is 31.1 Å². The molecule has 7 nitrogen and oxygen atoms in total. The van der Waals surface area contributed by atoms with Gasteiger partial charge in [0.05, 0.1) is 23.6 Å². The molecular weight excluding hydrogens is 426 g/mol. The lowest BCUT2D eigenvalue weighted by atomic mass is 9.96. The Morgan fingerprint density at radius 2 is 1.88 bits per heavy atom. The monoisotopic (exact) mass is 459 g/mol. The van der Waals surface area contributed by atoms with Gasteiger partial charge in [-0.2, -0.15) is 4.31 Å². The van der Waals surface area contributed by atoms with Crippen molar-refractivity contribution < 1.29 is 17.9 Å². The molecule has 1 fully saturated rings. The van der Waals surface area contributed by atoms with Crippen LogP contribution in [0.4, 0.5) is 5.69 Å². The van der Waals surface area contributed by atoms with Gasteiger partial charge in [-0.15, -0.1) is 0 Å². The third-order valence-corrected chi connectivity index (χ3v) is 7.94. The van der Waals surface area contributed by atoms with Gasteiger partial charge in [0.15, 0.2) is 0 Å². The largest absolute Gasteiger partial charge is 0.495 e. The number of sulfonamides is 1. The molecule has 0 aromatic heterocycles. The minimum atomic E-state index is -3.63. The fraction of sp³-hybridized carbons (Fsp3) is 0.458. The van der Waals surface area contributed by atoms with Crippen LogP contribution in [0.15, 0.2) is 53.4 Å². The number of carbonyl (C=O) groups excluding carboxylic acids is 1. The number of hydrogen-bond acceptors (Lipinski definition) is 5. The van der Waals surface area contributed by atoms with Crippen LogP contribution in [0, 0.1) is 5.92 Å². The van der Waals surface area contributed by atoms with Gasteiger partial charge < -0.3 is 10.1 Å². The summed E-state index contributed by atoms with van der Waals surface area (Å²) in [5.41, 5.74) is 1.61. The number of benzene rings is 2. The molecule has 1 N–H and O–H groups in total. The van der Waals surface area contributed by atoms with E-state index in [4.69, 9.17) is 4.74 Å². The SMILES string of the molecule is CCN(CC)S(=O)(=O)c1ccc(OC)c(NC(=O)C2CCCN(Cc3ccccc3)C2)c1. The van der Waals surface area contributed by atoms with E-state index >= 15 is 0 Å². The third-order valence-electron chi connectivity index (χ3n) is 5.90. The second-order valence-electron chi connectivity index (χ2n) is 8.00. The van der Waals surface area contributed by atoms with Gasteiger partial charge in [0.25, 0.3) is 0 Å². The maximum absolute atomic E-state index is 13.1. The Balaban J connectivity index is 1.74. The van der Waals surface area contributed by atoms with E-state index in [1.807, 2.05) is 18.2 Å². The van der Waals surface area contributed by atoms with Crippen LogP contribution in [0.3, 0.4) is 0 Å². The van der Waals surface area contributed by atoms with Gasteiger partial charge in [-0.1, -0.05) is 44.2 Å². The lowest BCUT2D eigenvalue weighted by Gasteiger charge is -2.32. The van der Waals surface area contributed by atoms with E-state index in [-0.39, 0.29) is 16.7 Å². The molecule has 0 aliphatic carbocycles. The maximum atomic E-state index is 13.1. The average molecular weight is 460 g/mol. The van der Waals surface area contributed by atoms with Crippen LogP contribution in [0.25, 0.3) is 0 Å². The Hall–Kier alpha value is -2.42. The fourth-order valence-corrected chi connectivity index (χ4v) is 5.63. The first-order valence-electron chi connectivity index (χ1n) is 11.1. The van der Waals surface area contributed by atoms with Crippen molar-refractivity contribution >= 4 is 21.6 Å². The molecular formula is C24H33N3O4S. The highest BCUT2D eigenvalue weighted by atomic mass is 32.2. The van der Waals surface area contributed by atoms with Crippen LogP contribution in [0.2, 0.25) is 0 Å². The van der Waals surface area contributed by atoms with Gasteiger partial charge in [0.1, 0.15) is 5.75 Å². The fourth-order valence-electron chi connectivity index (χ4n) is 4.15. The van der Waals surface area contributed by atoms with E-state index in [1.54, 1.807) is 19.9 Å². The van der Waals surface area contributed by atoms with Gasteiger partial charge in [-0.05, 0) is 43.1 Å². The van der Waals surface area contributed by atoms with E-state index in [9.17, 15) is 13.2 Å². The third kappa shape index (κ3) is 5.68. The van der Waals surface area contributed by atoms with Crippen molar-refractivity contribution in [3.63, 3.8) is 0 Å². The van der Waals surface area contributed by atoms with Gasteiger partial charge >= 0.3 is 0 Å². The number of amides is 1. The van der Waals surface area contributed by atoms with E-state index in [0.717, 1.165) is 25.9 Å². The molecule has 1 unspecified atom stereocenters. The average Bonchev–Trinajstić information content (AvgIpc) is 2.80. The highest BCUT2D eigenvalue weighted by molar-refractivity contribution is 7.89. The zero-order chi connectivity index (χ0) is 23.1. The number of nitrogens with zero attached hydrogens (tertiary/aromatic N) is 2. The first-order chi connectivity index (χ1) is 15.4. The molecule has 2 aromatic carbocycles. The summed E-state index contributed by atoms with van der Waals surface area (Å²) in [6.45, 7) is 6.80. The summed E-state index contributed by atoms with van der Waals surface area (Å²) in [7, 11) is -2.13. The van der Waals surface area contributed by atoms with Crippen LogP contribution in [-0.2, 0) is 21.4 Å². The highest BCUT2D eigenvalue weighted by Gasteiger charge is 2.28. The molecule has 1 saturated heterocycles. The number of anilines is 1. The smallest absolute Gasteiger partial charge is 0.243 e. The molecule has 1 aliphatic heterocycles. The second-order valence-corrected chi connectivity index (χ2v) is 9.94. The zero-order valence-corrected chi connectivity index (χ0v) is 19.9. The van der Waals surface area contributed by atoms with Crippen molar-refractivity contribution in [2.24, 2.45) is 5.92 Å².